The highest BCUT2D eigenvalue weighted by atomic mass is 19.1. The molecule has 0 spiro atoms. The largest absolute Gasteiger partial charge is 0.504 e. The van der Waals surface area contributed by atoms with Crippen LogP contribution >= 0.6 is 0 Å². The number of anilines is 1. The number of halogens is 1. The summed E-state index contributed by atoms with van der Waals surface area (Å²) in [6, 6.07) is 8.48. The summed E-state index contributed by atoms with van der Waals surface area (Å²) in [4.78, 5) is 10.7. The maximum Gasteiger partial charge on any atom is 0.191 e. The fourth-order valence-electron chi connectivity index (χ4n) is 3.22. The summed E-state index contributed by atoms with van der Waals surface area (Å²) in [6.45, 7) is 4.37. The predicted octanol–water partition coefficient (Wildman–Crippen LogP) is 2.27. The van der Waals surface area contributed by atoms with Gasteiger partial charge in [-0.25, -0.2) is 14.4 Å². The van der Waals surface area contributed by atoms with Gasteiger partial charge < -0.3 is 25.4 Å². The minimum absolute atomic E-state index is 0.0993. The van der Waals surface area contributed by atoms with Gasteiger partial charge in [-0.1, -0.05) is 12.1 Å². The number of nitrogens with one attached hydrogen (secondary N) is 2. The standard InChI is InChI=1S/C20H26FN5O2/c1-3-22-20(24-12-14-6-4-8-17(28-2)18(14)27)25-15-9-11-26(13-15)19-16(21)7-5-10-23-19/h4-8,10,15,27H,3,9,11-13H2,1-2H3,(H2,22,24,25). The van der Waals surface area contributed by atoms with Crippen molar-refractivity contribution in [3.05, 3.63) is 47.9 Å². The van der Waals surface area contributed by atoms with Gasteiger partial charge in [0.05, 0.1) is 13.7 Å². The molecule has 8 heteroatoms. The van der Waals surface area contributed by atoms with Crippen LogP contribution in [-0.4, -0.2) is 48.8 Å². The molecule has 1 aromatic heterocycles. The molecule has 1 saturated heterocycles. The quantitative estimate of drug-likeness (QED) is 0.521. The van der Waals surface area contributed by atoms with Crippen LogP contribution in [0, 0.1) is 5.82 Å². The molecule has 1 aromatic carbocycles. The fourth-order valence-corrected chi connectivity index (χ4v) is 3.22. The topological polar surface area (TPSA) is 82.0 Å². The number of ether oxygens (including phenoxy) is 1. The number of phenols is 1. The summed E-state index contributed by atoms with van der Waals surface area (Å²) in [7, 11) is 1.52. The summed E-state index contributed by atoms with van der Waals surface area (Å²) < 4.78 is 19.1. The maximum atomic E-state index is 14.0. The van der Waals surface area contributed by atoms with E-state index in [-0.39, 0.29) is 17.6 Å². The molecule has 2 aromatic rings. The second-order valence-corrected chi connectivity index (χ2v) is 6.55. The molecule has 0 aliphatic carbocycles. The summed E-state index contributed by atoms with van der Waals surface area (Å²) in [5.41, 5.74) is 0.681. The highest BCUT2D eigenvalue weighted by Crippen LogP contribution is 2.29. The van der Waals surface area contributed by atoms with Gasteiger partial charge in [-0.3, -0.25) is 0 Å². The lowest BCUT2D eigenvalue weighted by molar-refractivity contribution is 0.370. The van der Waals surface area contributed by atoms with Gasteiger partial charge in [-0.05, 0) is 31.5 Å². The minimum atomic E-state index is -0.308. The average Bonchev–Trinajstić information content (AvgIpc) is 3.16. The van der Waals surface area contributed by atoms with Crippen LogP contribution in [0.4, 0.5) is 10.2 Å². The molecule has 1 aliphatic heterocycles. The number of guanidine groups is 1. The smallest absolute Gasteiger partial charge is 0.191 e. The molecule has 0 bridgehead atoms. The van der Waals surface area contributed by atoms with E-state index in [4.69, 9.17) is 4.74 Å². The molecule has 3 N–H and O–H groups in total. The Morgan fingerprint density at radius 1 is 1.39 bits per heavy atom. The van der Waals surface area contributed by atoms with Crippen LogP contribution in [0.2, 0.25) is 0 Å². The molecule has 3 rings (SSSR count). The Morgan fingerprint density at radius 3 is 3.00 bits per heavy atom. The molecule has 7 nitrogen and oxygen atoms in total. The van der Waals surface area contributed by atoms with Crippen molar-refractivity contribution in [1.29, 1.82) is 0 Å². The molecule has 2 heterocycles. The van der Waals surface area contributed by atoms with E-state index in [2.05, 4.69) is 20.6 Å². The second kappa shape index (κ2) is 9.25. The predicted molar refractivity (Wildman–Crippen MR) is 107 cm³/mol. The van der Waals surface area contributed by atoms with Gasteiger partial charge >= 0.3 is 0 Å². The van der Waals surface area contributed by atoms with Crippen molar-refractivity contribution in [2.75, 3.05) is 31.6 Å². The van der Waals surface area contributed by atoms with Crippen LogP contribution in [-0.2, 0) is 6.54 Å². The number of phenolic OH excluding ortho intramolecular Hbond substituents is 1. The number of hydrogen-bond acceptors (Lipinski definition) is 5. The maximum absolute atomic E-state index is 14.0. The van der Waals surface area contributed by atoms with Crippen LogP contribution in [0.25, 0.3) is 0 Å². The molecular weight excluding hydrogens is 361 g/mol. The summed E-state index contributed by atoms with van der Waals surface area (Å²) in [6.07, 6.45) is 2.45. The zero-order chi connectivity index (χ0) is 19.9. The van der Waals surface area contributed by atoms with E-state index in [1.54, 1.807) is 18.3 Å². The number of rotatable bonds is 6. The Labute approximate surface area is 164 Å². The third kappa shape index (κ3) is 4.62. The normalized spacial score (nSPS) is 16.9. The molecular formula is C20H26FN5O2. The zero-order valence-electron chi connectivity index (χ0n) is 16.2. The summed E-state index contributed by atoms with van der Waals surface area (Å²) in [5.74, 6) is 1.25. The van der Waals surface area contributed by atoms with Crippen LogP contribution in [0.1, 0.15) is 18.9 Å². The molecule has 1 aliphatic rings. The molecule has 28 heavy (non-hydrogen) atoms. The number of nitrogens with zero attached hydrogens (tertiary/aromatic N) is 3. The number of methoxy groups -OCH3 is 1. The van der Waals surface area contributed by atoms with Crippen molar-refractivity contribution in [3.63, 3.8) is 0 Å². The lowest BCUT2D eigenvalue weighted by Crippen LogP contribution is -2.44. The van der Waals surface area contributed by atoms with Crippen molar-refractivity contribution < 1.29 is 14.2 Å². The van der Waals surface area contributed by atoms with Gasteiger partial charge in [0.15, 0.2) is 29.1 Å². The number of aromatic nitrogens is 1. The van der Waals surface area contributed by atoms with Gasteiger partial charge in [0.1, 0.15) is 0 Å². The molecule has 1 fully saturated rings. The number of benzene rings is 1. The monoisotopic (exact) mass is 387 g/mol. The minimum Gasteiger partial charge on any atom is -0.504 e. The van der Waals surface area contributed by atoms with Gasteiger partial charge in [0.2, 0.25) is 0 Å². The summed E-state index contributed by atoms with van der Waals surface area (Å²) >= 11 is 0. The fraction of sp³-hybridized carbons (Fsp3) is 0.400. The van der Waals surface area contributed by atoms with Crippen LogP contribution in [0.5, 0.6) is 11.5 Å². The number of aromatic hydroxyl groups is 1. The van der Waals surface area contributed by atoms with Gasteiger partial charge in [-0.15, -0.1) is 0 Å². The highest BCUT2D eigenvalue weighted by molar-refractivity contribution is 5.80. The molecule has 0 amide bonds. The highest BCUT2D eigenvalue weighted by Gasteiger charge is 2.26. The van der Waals surface area contributed by atoms with E-state index >= 15 is 0 Å². The van der Waals surface area contributed by atoms with E-state index in [0.29, 0.717) is 42.7 Å². The van der Waals surface area contributed by atoms with Crippen molar-refractivity contribution >= 4 is 11.8 Å². The Bertz CT molecular complexity index is 830. The molecule has 150 valence electrons. The SMILES string of the molecule is CCNC(=NCc1cccc(OC)c1O)NC1CCN(c2ncccc2F)C1. The lowest BCUT2D eigenvalue weighted by atomic mass is 10.2. The Hall–Kier alpha value is -3.03. The second-order valence-electron chi connectivity index (χ2n) is 6.55. The van der Waals surface area contributed by atoms with Crippen molar-refractivity contribution in [3.8, 4) is 11.5 Å². The molecule has 0 radical (unpaired) electrons. The van der Waals surface area contributed by atoms with E-state index in [0.717, 1.165) is 13.0 Å². The van der Waals surface area contributed by atoms with Gasteiger partial charge in [-0.2, -0.15) is 0 Å². The first-order valence-electron chi connectivity index (χ1n) is 9.37. The number of pyridine rings is 1. The van der Waals surface area contributed by atoms with E-state index < -0.39 is 0 Å². The van der Waals surface area contributed by atoms with E-state index in [1.165, 1.54) is 13.2 Å². The van der Waals surface area contributed by atoms with Gasteiger partial charge in [0, 0.05) is 37.4 Å². The number of hydrogen-bond donors (Lipinski definition) is 3. The molecule has 1 unspecified atom stereocenters. The Kier molecular flexibility index (Phi) is 6.52. The first-order valence-corrected chi connectivity index (χ1v) is 9.37. The zero-order valence-corrected chi connectivity index (χ0v) is 16.2. The van der Waals surface area contributed by atoms with Crippen molar-refractivity contribution in [2.24, 2.45) is 4.99 Å². The van der Waals surface area contributed by atoms with Crippen molar-refractivity contribution in [1.82, 2.24) is 15.6 Å². The van der Waals surface area contributed by atoms with Crippen molar-refractivity contribution in [2.45, 2.75) is 25.9 Å². The Morgan fingerprint density at radius 2 is 2.25 bits per heavy atom. The van der Waals surface area contributed by atoms with E-state index in [9.17, 15) is 9.50 Å². The molecule has 1 atom stereocenters. The number of aliphatic imine (C=N–C) groups is 1. The summed E-state index contributed by atoms with van der Waals surface area (Å²) in [5, 5.41) is 16.8. The lowest BCUT2D eigenvalue weighted by Gasteiger charge is -2.20. The third-order valence-corrected chi connectivity index (χ3v) is 4.62. The van der Waals surface area contributed by atoms with Gasteiger partial charge in [0.25, 0.3) is 0 Å². The Balaban J connectivity index is 1.65. The van der Waals surface area contributed by atoms with E-state index in [1.807, 2.05) is 24.0 Å². The van der Waals surface area contributed by atoms with Crippen LogP contribution < -0.4 is 20.3 Å². The first-order chi connectivity index (χ1) is 13.6. The average molecular weight is 387 g/mol. The van der Waals surface area contributed by atoms with Crippen LogP contribution in [0.3, 0.4) is 0 Å². The first kappa shape index (κ1) is 19.7. The third-order valence-electron chi connectivity index (χ3n) is 4.62. The van der Waals surface area contributed by atoms with Crippen LogP contribution in [0.15, 0.2) is 41.5 Å². The molecule has 0 saturated carbocycles. The number of para-hydroxylation sites is 1.